The molecule has 0 radical (unpaired) electrons. The van der Waals surface area contributed by atoms with Crippen LogP contribution in [0.4, 0.5) is 4.39 Å². The first-order valence-corrected chi connectivity index (χ1v) is 9.63. The lowest BCUT2D eigenvalue weighted by atomic mass is 10.1. The third-order valence-electron chi connectivity index (χ3n) is 3.59. The van der Waals surface area contributed by atoms with Crippen molar-refractivity contribution >= 4 is 15.9 Å². The minimum atomic E-state index is -3.91. The summed E-state index contributed by atoms with van der Waals surface area (Å²) in [6.07, 6.45) is 0.719. The van der Waals surface area contributed by atoms with Crippen LogP contribution in [-0.4, -0.2) is 20.4 Å². The van der Waals surface area contributed by atoms with Crippen LogP contribution >= 0.6 is 0 Å². The summed E-state index contributed by atoms with van der Waals surface area (Å²) in [5.41, 5.74) is 3.11. The zero-order chi connectivity index (χ0) is 19.2. The molecule has 2 aromatic rings. The predicted octanol–water partition coefficient (Wildman–Crippen LogP) is 2.56. The number of sulfonamides is 1. The second kappa shape index (κ2) is 8.77. The Morgan fingerprint density at radius 1 is 1.15 bits per heavy atom. The molecule has 0 aliphatic carbocycles. The van der Waals surface area contributed by atoms with E-state index in [-0.39, 0.29) is 10.6 Å². The highest BCUT2D eigenvalue weighted by Gasteiger charge is 2.20. The van der Waals surface area contributed by atoms with Crippen LogP contribution in [0.5, 0.6) is 5.75 Å². The lowest BCUT2D eigenvalue weighted by Crippen LogP contribution is -2.47. The molecule has 2 rings (SSSR count). The topological polar surface area (TPSA) is 84.5 Å². The van der Waals surface area contributed by atoms with E-state index < -0.39 is 27.9 Å². The van der Waals surface area contributed by atoms with Crippen molar-refractivity contribution in [2.45, 2.75) is 37.7 Å². The quantitative estimate of drug-likeness (QED) is 0.690. The van der Waals surface area contributed by atoms with Gasteiger partial charge in [0.1, 0.15) is 0 Å². The lowest BCUT2D eigenvalue weighted by Gasteiger charge is -2.15. The first-order chi connectivity index (χ1) is 12.3. The van der Waals surface area contributed by atoms with Crippen molar-refractivity contribution in [2.75, 3.05) is 0 Å². The summed E-state index contributed by atoms with van der Waals surface area (Å²) in [5.74, 6) is -1.45. The maximum atomic E-state index is 13.5. The number of benzene rings is 2. The van der Waals surface area contributed by atoms with Gasteiger partial charge in [-0.15, -0.1) is 4.83 Å². The Morgan fingerprint density at radius 3 is 2.42 bits per heavy atom. The zero-order valence-corrected chi connectivity index (χ0v) is 15.3. The Kier molecular flexibility index (Phi) is 6.70. The standard InChI is InChI=1S/C18H21FN2O4S/c1-3-6-14-9-11-15(12-10-14)26(23,24)21-20-18(22)13(2)25-17-8-5-4-7-16(17)19/h4-5,7-13,21H,3,6H2,1-2H3,(H,20,22)/t13-/m0/s1. The number of aryl methyl sites for hydroxylation is 1. The van der Waals surface area contributed by atoms with E-state index in [4.69, 9.17) is 4.74 Å². The molecular formula is C18H21FN2O4S. The molecule has 1 atom stereocenters. The van der Waals surface area contributed by atoms with E-state index in [0.29, 0.717) is 0 Å². The molecule has 0 saturated heterocycles. The van der Waals surface area contributed by atoms with Gasteiger partial charge in [-0.05, 0) is 43.2 Å². The van der Waals surface area contributed by atoms with E-state index >= 15 is 0 Å². The van der Waals surface area contributed by atoms with Crippen molar-refractivity contribution in [3.63, 3.8) is 0 Å². The van der Waals surface area contributed by atoms with Gasteiger partial charge in [0, 0.05) is 0 Å². The number of hydrazine groups is 1. The highest BCUT2D eigenvalue weighted by atomic mass is 32.2. The van der Waals surface area contributed by atoms with Crippen LogP contribution in [0.2, 0.25) is 0 Å². The Labute approximate surface area is 152 Å². The summed E-state index contributed by atoms with van der Waals surface area (Å²) in [7, 11) is -3.91. The molecule has 2 aromatic carbocycles. The van der Waals surface area contributed by atoms with E-state index in [1.54, 1.807) is 18.2 Å². The fourth-order valence-electron chi connectivity index (χ4n) is 2.19. The summed E-state index contributed by atoms with van der Waals surface area (Å²) in [4.78, 5) is 14.0. The average Bonchev–Trinajstić information content (AvgIpc) is 2.62. The zero-order valence-electron chi connectivity index (χ0n) is 14.5. The third-order valence-corrected chi connectivity index (χ3v) is 4.85. The van der Waals surface area contributed by atoms with Crippen molar-refractivity contribution in [3.8, 4) is 5.75 Å². The lowest BCUT2D eigenvalue weighted by molar-refractivity contribution is -0.127. The van der Waals surface area contributed by atoms with Gasteiger partial charge in [0.25, 0.3) is 15.9 Å². The van der Waals surface area contributed by atoms with Crippen molar-refractivity contribution in [1.82, 2.24) is 10.3 Å². The fourth-order valence-corrected chi connectivity index (χ4v) is 3.03. The number of para-hydroxylation sites is 1. The van der Waals surface area contributed by atoms with E-state index in [9.17, 15) is 17.6 Å². The van der Waals surface area contributed by atoms with Gasteiger partial charge >= 0.3 is 0 Å². The van der Waals surface area contributed by atoms with Gasteiger partial charge in [0.15, 0.2) is 17.7 Å². The molecule has 0 aliphatic heterocycles. The Morgan fingerprint density at radius 2 is 1.81 bits per heavy atom. The summed E-state index contributed by atoms with van der Waals surface area (Å²) < 4.78 is 43.2. The molecule has 8 heteroatoms. The molecule has 26 heavy (non-hydrogen) atoms. The number of hydrogen-bond acceptors (Lipinski definition) is 4. The smallest absolute Gasteiger partial charge is 0.275 e. The molecule has 1 amide bonds. The Balaban J connectivity index is 1.95. The van der Waals surface area contributed by atoms with Gasteiger partial charge in [0.05, 0.1) is 4.90 Å². The summed E-state index contributed by atoms with van der Waals surface area (Å²) in [5, 5.41) is 0. The number of ether oxygens (including phenoxy) is 1. The number of halogens is 1. The predicted molar refractivity (Wildman–Crippen MR) is 95.4 cm³/mol. The normalized spacial score (nSPS) is 12.4. The van der Waals surface area contributed by atoms with Gasteiger partial charge in [0.2, 0.25) is 0 Å². The highest BCUT2D eigenvalue weighted by molar-refractivity contribution is 7.89. The van der Waals surface area contributed by atoms with Crippen LogP contribution in [0.3, 0.4) is 0 Å². The monoisotopic (exact) mass is 380 g/mol. The minimum Gasteiger partial charge on any atom is -0.478 e. The van der Waals surface area contributed by atoms with E-state index in [0.717, 1.165) is 18.4 Å². The number of carbonyl (C=O) groups is 1. The number of carbonyl (C=O) groups excluding carboxylic acids is 1. The first kappa shape index (κ1) is 19.9. The molecule has 0 aliphatic rings. The number of hydrogen-bond donors (Lipinski definition) is 2. The second-order valence-corrected chi connectivity index (χ2v) is 7.36. The molecule has 0 unspecified atom stereocenters. The molecule has 0 saturated carbocycles. The maximum Gasteiger partial charge on any atom is 0.275 e. The second-order valence-electron chi connectivity index (χ2n) is 5.68. The molecule has 0 bridgehead atoms. The number of amides is 1. The average molecular weight is 380 g/mol. The van der Waals surface area contributed by atoms with Crippen LogP contribution in [0.1, 0.15) is 25.8 Å². The molecule has 0 heterocycles. The molecule has 6 nitrogen and oxygen atoms in total. The van der Waals surface area contributed by atoms with E-state index in [1.165, 1.54) is 37.3 Å². The maximum absolute atomic E-state index is 13.5. The summed E-state index contributed by atoms with van der Waals surface area (Å²) in [6, 6.07) is 12.0. The molecule has 0 fully saturated rings. The van der Waals surface area contributed by atoms with Crippen molar-refractivity contribution in [3.05, 3.63) is 59.9 Å². The van der Waals surface area contributed by atoms with E-state index in [2.05, 4.69) is 5.43 Å². The van der Waals surface area contributed by atoms with Gasteiger partial charge < -0.3 is 4.74 Å². The summed E-state index contributed by atoms with van der Waals surface area (Å²) in [6.45, 7) is 3.42. The van der Waals surface area contributed by atoms with Crippen molar-refractivity contribution in [1.29, 1.82) is 0 Å². The molecule has 0 aromatic heterocycles. The van der Waals surface area contributed by atoms with Gasteiger partial charge in [-0.25, -0.2) is 12.8 Å². The minimum absolute atomic E-state index is 0.0281. The molecular weight excluding hydrogens is 359 g/mol. The highest BCUT2D eigenvalue weighted by Crippen LogP contribution is 2.17. The van der Waals surface area contributed by atoms with Crippen LogP contribution in [-0.2, 0) is 21.2 Å². The molecule has 140 valence electrons. The Bertz CT molecular complexity index is 854. The van der Waals surface area contributed by atoms with Crippen molar-refractivity contribution < 1.29 is 22.3 Å². The van der Waals surface area contributed by atoms with Crippen LogP contribution in [0.25, 0.3) is 0 Å². The van der Waals surface area contributed by atoms with Crippen LogP contribution in [0.15, 0.2) is 53.4 Å². The van der Waals surface area contributed by atoms with E-state index in [1.807, 2.05) is 11.8 Å². The SMILES string of the molecule is CCCc1ccc(S(=O)(=O)NNC(=O)[C@H](C)Oc2ccccc2F)cc1. The number of nitrogens with one attached hydrogen (secondary N) is 2. The van der Waals surface area contributed by atoms with Gasteiger partial charge in [-0.2, -0.15) is 0 Å². The Hall–Kier alpha value is -2.45. The fraction of sp³-hybridized carbons (Fsp3) is 0.278. The molecule has 0 spiro atoms. The van der Waals surface area contributed by atoms with Crippen molar-refractivity contribution in [2.24, 2.45) is 0 Å². The van der Waals surface area contributed by atoms with Gasteiger partial charge in [-0.1, -0.05) is 37.6 Å². The largest absolute Gasteiger partial charge is 0.478 e. The van der Waals surface area contributed by atoms with Gasteiger partial charge in [-0.3, -0.25) is 10.2 Å². The third kappa shape index (κ3) is 5.27. The van der Waals surface area contributed by atoms with Crippen LogP contribution in [0, 0.1) is 5.82 Å². The first-order valence-electron chi connectivity index (χ1n) is 8.15. The molecule has 2 N–H and O–H groups in total. The van der Waals surface area contributed by atoms with Crippen LogP contribution < -0.4 is 15.0 Å². The summed E-state index contributed by atoms with van der Waals surface area (Å²) >= 11 is 0. The number of rotatable bonds is 8.